The molecule has 4 heteroatoms. The van der Waals surface area contributed by atoms with Crippen LogP contribution in [-0.4, -0.2) is 47.9 Å². The molecule has 0 saturated carbocycles. The Morgan fingerprint density at radius 2 is 2.11 bits per heavy atom. The highest BCUT2D eigenvalue weighted by atomic mass is 16.2. The van der Waals surface area contributed by atoms with E-state index in [1.54, 1.807) is 19.0 Å². The third kappa shape index (κ3) is 3.32. The fourth-order valence-electron chi connectivity index (χ4n) is 2.45. The number of amides is 1. The summed E-state index contributed by atoms with van der Waals surface area (Å²) in [6, 6.07) is 3.93. The van der Waals surface area contributed by atoms with Crippen molar-refractivity contribution >= 4 is 5.91 Å². The maximum atomic E-state index is 12.0. The molecule has 0 atom stereocenters. The summed E-state index contributed by atoms with van der Waals surface area (Å²) in [6.45, 7) is 7.42. The van der Waals surface area contributed by atoms with Gasteiger partial charge in [0.1, 0.15) is 5.69 Å². The molecule has 0 aromatic carbocycles. The smallest absolute Gasteiger partial charge is 0.271 e. The number of nitrogens with zero attached hydrogens (tertiary/aromatic N) is 3. The van der Waals surface area contributed by atoms with Crippen LogP contribution >= 0.6 is 0 Å². The summed E-state index contributed by atoms with van der Waals surface area (Å²) >= 11 is 0. The minimum atomic E-state index is -0.0278. The Kier molecular flexibility index (Phi) is 4.20. The first-order valence-corrected chi connectivity index (χ1v) is 6.91. The molecule has 1 fully saturated rings. The van der Waals surface area contributed by atoms with Gasteiger partial charge in [0, 0.05) is 33.7 Å². The summed E-state index contributed by atoms with van der Waals surface area (Å²) in [5, 5.41) is 0. The van der Waals surface area contributed by atoms with E-state index in [1.807, 2.05) is 13.0 Å². The number of rotatable bonds is 4. The third-order valence-electron chi connectivity index (χ3n) is 3.64. The van der Waals surface area contributed by atoms with E-state index < -0.39 is 0 Å². The predicted octanol–water partition coefficient (Wildman–Crippen LogP) is 1.93. The number of likely N-dealkylation sites (tertiary alicyclic amines) is 1. The lowest BCUT2D eigenvalue weighted by Gasteiger charge is -2.38. The molecule has 0 spiro atoms. The summed E-state index contributed by atoms with van der Waals surface area (Å²) < 4.78 is 0. The molecule has 1 aromatic rings. The van der Waals surface area contributed by atoms with E-state index in [9.17, 15) is 4.79 Å². The van der Waals surface area contributed by atoms with Crippen molar-refractivity contribution in [1.29, 1.82) is 0 Å². The molecule has 0 bridgehead atoms. The van der Waals surface area contributed by atoms with Crippen molar-refractivity contribution in [2.75, 3.05) is 27.2 Å². The number of carbonyl (C=O) groups excluding carboxylic acids is 1. The first-order chi connectivity index (χ1) is 8.99. The fraction of sp³-hybridized carbons (Fsp3) is 0.600. The molecule has 1 aliphatic heterocycles. The van der Waals surface area contributed by atoms with E-state index in [1.165, 1.54) is 6.42 Å². The topological polar surface area (TPSA) is 36.4 Å². The summed E-state index contributed by atoms with van der Waals surface area (Å²) in [5.74, 6) is 0.813. The van der Waals surface area contributed by atoms with Gasteiger partial charge in [0.2, 0.25) is 0 Å². The highest BCUT2D eigenvalue weighted by molar-refractivity contribution is 5.92. The Hall–Kier alpha value is -1.42. The third-order valence-corrected chi connectivity index (χ3v) is 3.64. The summed E-state index contributed by atoms with van der Waals surface area (Å²) in [4.78, 5) is 20.4. The zero-order valence-corrected chi connectivity index (χ0v) is 12.3. The number of hydrogen-bond donors (Lipinski definition) is 0. The van der Waals surface area contributed by atoms with Crippen LogP contribution in [0, 0.1) is 12.8 Å². The Morgan fingerprint density at radius 1 is 1.42 bits per heavy atom. The second-order valence-electron chi connectivity index (χ2n) is 5.69. The average Bonchev–Trinajstić information content (AvgIpc) is 2.31. The van der Waals surface area contributed by atoms with E-state index in [0.29, 0.717) is 5.69 Å². The van der Waals surface area contributed by atoms with Gasteiger partial charge in [0.25, 0.3) is 5.91 Å². The first kappa shape index (κ1) is 14.0. The van der Waals surface area contributed by atoms with Gasteiger partial charge in [-0.2, -0.15) is 0 Å². The van der Waals surface area contributed by atoms with Crippen LogP contribution in [0.3, 0.4) is 0 Å². The highest BCUT2D eigenvalue weighted by Crippen LogP contribution is 2.21. The van der Waals surface area contributed by atoms with Crippen molar-refractivity contribution < 1.29 is 4.79 Å². The highest BCUT2D eigenvalue weighted by Gasteiger charge is 2.25. The summed E-state index contributed by atoms with van der Waals surface area (Å²) in [7, 11) is 3.51. The van der Waals surface area contributed by atoms with Gasteiger partial charge in [-0.05, 0) is 30.5 Å². The van der Waals surface area contributed by atoms with Gasteiger partial charge in [-0.1, -0.05) is 13.3 Å². The van der Waals surface area contributed by atoms with Gasteiger partial charge >= 0.3 is 0 Å². The van der Waals surface area contributed by atoms with Crippen molar-refractivity contribution in [2.45, 2.75) is 26.8 Å². The molecule has 1 amide bonds. The van der Waals surface area contributed by atoms with Crippen LogP contribution in [0.1, 0.15) is 35.1 Å². The predicted molar refractivity (Wildman–Crippen MR) is 76.0 cm³/mol. The van der Waals surface area contributed by atoms with Gasteiger partial charge in [-0.15, -0.1) is 0 Å². The molecular formula is C15H23N3O. The largest absolute Gasteiger partial charge is 0.343 e. The molecule has 2 heterocycles. The lowest BCUT2D eigenvalue weighted by molar-refractivity contribution is 0.0814. The van der Waals surface area contributed by atoms with Crippen molar-refractivity contribution in [3.8, 4) is 0 Å². The SMILES string of the molecule is CCC1CN(Cc2cc(C)cc(C(=O)N(C)C)n2)C1. The fourth-order valence-corrected chi connectivity index (χ4v) is 2.45. The van der Waals surface area contributed by atoms with Gasteiger partial charge in [0.05, 0.1) is 5.69 Å². The maximum Gasteiger partial charge on any atom is 0.271 e. The Morgan fingerprint density at radius 3 is 2.68 bits per heavy atom. The summed E-state index contributed by atoms with van der Waals surface area (Å²) in [5.41, 5.74) is 2.65. The molecule has 104 valence electrons. The molecule has 0 unspecified atom stereocenters. The monoisotopic (exact) mass is 261 g/mol. The second kappa shape index (κ2) is 5.70. The van der Waals surface area contributed by atoms with Crippen LogP contribution in [0.2, 0.25) is 0 Å². The number of carbonyl (C=O) groups is 1. The van der Waals surface area contributed by atoms with Crippen LogP contribution in [-0.2, 0) is 6.54 Å². The molecule has 1 aliphatic rings. The minimum absolute atomic E-state index is 0.0278. The van der Waals surface area contributed by atoms with Gasteiger partial charge < -0.3 is 4.90 Å². The number of aryl methyl sites for hydroxylation is 1. The Labute approximate surface area is 115 Å². The first-order valence-electron chi connectivity index (χ1n) is 6.91. The molecule has 0 N–H and O–H groups in total. The number of pyridine rings is 1. The Bertz CT molecular complexity index is 464. The van der Waals surface area contributed by atoms with E-state index in [4.69, 9.17) is 0 Å². The van der Waals surface area contributed by atoms with Gasteiger partial charge in [-0.3, -0.25) is 9.69 Å². The van der Waals surface area contributed by atoms with Crippen LogP contribution < -0.4 is 0 Å². The Balaban J connectivity index is 2.07. The quantitative estimate of drug-likeness (QED) is 0.831. The van der Waals surface area contributed by atoms with E-state index in [2.05, 4.69) is 22.9 Å². The van der Waals surface area contributed by atoms with Crippen molar-refractivity contribution in [3.05, 3.63) is 29.1 Å². The summed E-state index contributed by atoms with van der Waals surface area (Å²) in [6.07, 6.45) is 1.25. The number of hydrogen-bond acceptors (Lipinski definition) is 3. The molecular weight excluding hydrogens is 238 g/mol. The zero-order chi connectivity index (χ0) is 14.0. The second-order valence-corrected chi connectivity index (χ2v) is 5.69. The maximum absolute atomic E-state index is 12.0. The van der Waals surface area contributed by atoms with Crippen LogP contribution in [0.15, 0.2) is 12.1 Å². The van der Waals surface area contributed by atoms with Crippen LogP contribution in [0.25, 0.3) is 0 Å². The minimum Gasteiger partial charge on any atom is -0.343 e. The van der Waals surface area contributed by atoms with E-state index in [-0.39, 0.29) is 5.91 Å². The zero-order valence-electron chi connectivity index (χ0n) is 12.3. The normalized spacial score (nSPS) is 16.2. The van der Waals surface area contributed by atoms with Crippen molar-refractivity contribution in [3.63, 3.8) is 0 Å². The molecule has 1 aromatic heterocycles. The lowest BCUT2D eigenvalue weighted by atomic mass is 9.97. The van der Waals surface area contributed by atoms with Crippen molar-refractivity contribution in [1.82, 2.24) is 14.8 Å². The molecule has 4 nitrogen and oxygen atoms in total. The molecule has 2 rings (SSSR count). The standard InChI is InChI=1S/C15H23N3O/c1-5-12-8-18(9-12)10-13-6-11(2)7-14(16-13)15(19)17(3)4/h6-7,12H,5,8-10H2,1-4H3. The number of aromatic nitrogens is 1. The van der Waals surface area contributed by atoms with Gasteiger partial charge in [0.15, 0.2) is 0 Å². The van der Waals surface area contributed by atoms with E-state index >= 15 is 0 Å². The lowest BCUT2D eigenvalue weighted by Crippen LogP contribution is -2.45. The van der Waals surface area contributed by atoms with E-state index in [0.717, 1.165) is 36.8 Å². The van der Waals surface area contributed by atoms with Crippen molar-refractivity contribution in [2.24, 2.45) is 5.92 Å². The molecule has 19 heavy (non-hydrogen) atoms. The molecule has 0 radical (unpaired) electrons. The average molecular weight is 261 g/mol. The van der Waals surface area contributed by atoms with Crippen LogP contribution in [0.5, 0.6) is 0 Å². The molecule has 0 aliphatic carbocycles. The van der Waals surface area contributed by atoms with Crippen LogP contribution in [0.4, 0.5) is 0 Å². The molecule has 1 saturated heterocycles. The van der Waals surface area contributed by atoms with Gasteiger partial charge in [-0.25, -0.2) is 4.98 Å².